The van der Waals surface area contributed by atoms with Crippen LogP contribution in [0.1, 0.15) is 45.1 Å². The van der Waals surface area contributed by atoms with Gasteiger partial charge < -0.3 is 15.0 Å². The maximum absolute atomic E-state index is 13.0. The first-order valence-electron chi connectivity index (χ1n) is 9.98. The van der Waals surface area contributed by atoms with Crippen molar-refractivity contribution in [1.82, 2.24) is 15.1 Å². The number of nitrogens with one attached hydrogen (secondary N) is 1. The number of hydrogen-bond donors (Lipinski definition) is 1. The average molecular weight is 387 g/mol. The number of amides is 4. The van der Waals surface area contributed by atoms with Crippen LogP contribution in [-0.4, -0.2) is 53.4 Å². The lowest BCUT2D eigenvalue weighted by molar-refractivity contribution is -0.140. The quantitative estimate of drug-likeness (QED) is 0.761. The molecule has 3 rings (SSSR count). The molecule has 28 heavy (non-hydrogen) atoms. The maximum Gasteiger partial charge on any atom is 0.325 e. The summed E-state index contributed by atoms with van der Waals surface area (Å²) in [5.74, 6) is 0.264. The van der Waals surface area contributed by atoms with Crippen LogP contribution in [0, 0.1) is 5.92 Å². The zero-order valence-corrected chi connectivity index (χ0v) is 16.9. The largest absolute Gasteiger partial charge is 0.494 e. The molecule has 1 aliphatic carbocycles. The van der Waals surface area contributed by atoms with Gasteiger partial charge in [-0.1, -0.05) is 38.0 Å². The average Bonchev–Trinajstić information content (AvgIpc) is 2.91. The highest BCUT2D eigenvalue weighted by molar-refractivity contribution is 6.09. The van der Waals surface area contributed by atoms with Gasteiger partial charge in [-0.3, -0.25) is 14.5 Å². The van der Waals surface area contributed by atoms with Crippen molar-refractivity contribution < 1.29 is 19.1 Å². The first-order valence-corrected chi connectivity index (χ1v) is 9.98. The monoisotopic (exact) mass is 387 g/mol. The van der Waals surface area contributed by atoms with Gasteiger partial charge in [0.15, 0.2) is 0 Å². The Bertz CT molecular complexity index is 766. The first-order chi connectivity index (χ1) is 13.4. The number of benzene rings is 1. The first kappa shape index (κ1) is 20.2. The van der Waals surface area contributed by atoms with Crippen molar-refractivity contribution >= 4 is 17.8 Å². The van der Waals surface area contributed by atoms with E-state index in [-0.39, 0.29) is 24.3 Å². The van der Waals surface area contributed by atoms with Crippen molar-refractivity contribution in [3.05, 3.63) is 29.8 Å². The van der Waals surface area contributed by atoms with Crippen molar-refractivity contribution in [2.24, 2.45) is 5.92 Å². The normalized spacial score (nSPS) is 24.4. The summed E-state index contributed by atoms with van der Waals surface area (Å²) in [6.45, 7) is 4.55. The second-order valence-electron chi connectivity index (χ2n) is 7.73. The summed E-state index contributed by atoms with van der Waals surface area (Å²) in [5.41, 5.74) is 0.0465. The van der Waals surface area contributed by atoms with Gasteiger partial charge in [0.1, 0.15) is 17.8 Å². The Morgan fingerprint density at radius 2 is 2.07 bits per heavy atom. The predicted molar refractivity (Wildman–Crippen MR) is 105 cm³/mol. The molecule has 0 bridgehead atoms. The molecule has 0 radical (unpaired) electrons. The van der Waals surface area contributed by atoms with Crippen LogP contribution in [0.25, 0.3) is 0 Å². The number of nitrogens with zero attached hydrogens (tertiary/aromatic N) is 2. The van der Waals surface area contributed by atoms with E-state index in [0.717, 1.165) is 35.5 Å². The molecule has 1 N–H and O–H groups in total. The van der Waals surface area contributed by atoms with Crippen LogP contribution in [0.15, 0.2) is 24.3 Å². The van der Waals surface area contributed by atoms with E-state index in [4.69, 9.17) is 4.74 Å². The fraction of sp³-hybridized carbons (Fsp3) is 0.571. The molecule has 2 atom stereocenters. The zero-order valence-electron chi connectivity index (χ0n) is 16.9. The predicted octanol–water partition coefficient (Wildman–Crippen LogP) is 2.54. The number of urea groups is 1. The number of likely N-dealkylation sites (N-methyl/N-ethyl adjacent to an activating group) is 1. The smallest absolute Gasteiger partial charge is 0.325 e. The summed E-state index contributed by atoms with van der Waals surface area (Å²) < 4.78 is 5.61. The van der Waals surface area contributed by atoms with Crippen LogP contribution in [0.2, 0.25) is 0 Å². The SMILES string of the molecule is CCOc1ccccc1CN(C)C(=O)CN1C(=O)NC2(CCCCC2C)C1=O. The van der Waals surface area contributed by atoms with E-state index in [1.54, 1.807) is 7.05 Å². The van der Waals surface area contributed by atoms with E-state index in [0.29, 0.717) is 19.6 Å². The number of rotatable bonds is 6. The molecule has 2 fully saturated rings. The summed E-state index contributed by atoms with van der Waals surface area (Å²) in [6.07, 6.45) is 3.52. The number of para-hydroxylation sites is 1. The van der Waals surface area contributed by atoms with E-state index >= 15 is 0 Å². The minimum atomic E-state index is -0.838. The Kier molecular flexibility index (Phi) is 5.91. The Hall–Kier alpha value is -2.57. The number of carbonyl (C=O) groups is 3. The Morgan fingerprint density at radius 1 is 1.32 bits per heavy atom. The number of imide groups is 1. The number of hydrogen-bond acceptors (Lipinski definition) is 4. The van der Waals surface area contributed by atoms with Gasteiger partial charge in [0.25, 0.3) is 5.91 Å². The molecular formula is C21H29N3O4. The molecule has 152 valence electrons. The Morgan fingerprint density at radius 3 is 2.79 bits per heavy atom. The molecule has 1 heterocycles. The van der Waals surface area contributed by atoms with Crippen LogP contribution in [0.3, 0.4) is 0 Å². The van der Waals surface area contributed by atoms with Gasteiger partial charge >= 0.3 is 6.03 Å². The van der Waals surface area contributed by atoms with E-state index < -0.39 is 11.6 Å². The molecule has 4 amide bonds. The van der Waals surface area contributed by atoms with Crippen molar-refractivity contribution in [1.29, 1.82) is 0 Å². The molecule has 1 spiro atoms. The maximum atomic E-state index is 13.0. The fourth-order valence-corrected chi connectivity index (χ4v) is 4.17. The van der Waals surface area contributed by atoms with E-state index in [1.165, 1.54) is 4.90 Å². The minimum Gasteiger partial charge on any atom is -0.494 e. The van der Waals surface area contributed by atoms with Crippen LogP contribution < -0.4 is 10.1 Å². The highest BCUT2D eigenvalue weighted by Gasteiger charge is 2.55. The lowest BCUT2D eigenvalue weighted by atomic mass is 9.73. The molecule has 7 nitrogen and oxygen atoms in total. The topological polar surface area (TPSA) is 79.0 Å². The molecule has 1 saturated carbocycles. The number of ether oxygens (including phenoxy) is 1. The fourth-order valence-electron chi connectivity index (χ4n) is 4.17. The number of carbonyl (C=O) groups excluding carboxylic acids is 3. The zero-order chi connectivity index (χ0) is 20.3. The molecule has 2 aliphatic rings. The highest BCUT2D eigenvalue weighted by Crippen LogP contribution is 2.38. The third kappa shape index (κ3) is 3.70. The van der Waals surface area contributed by atoms with Gasteiger partial charge in [-0.15, -0.1) is 0 Å². The summed E-state index contributed by atoms with van der Waals surface area (Å²) >= 11 is 0. The lowest BCUT2D eigenvalue weighted by Crippen LogP contribution is -2.54. The molecular weight excluding hydrogens is 358 g/mol. The van der Waals surface area contributed by atoms with Gasteiger partial charge in [0.2, 0.25) is 5.91 Å². The van der Waals surface area contributed by atoms with E-state index in [9.17, 15) is 14.4 Å². The van der Waals surface area contributed by atoms with Crippen molar-refractivity contribution in [3.8, 4) is 5.75 Å². The lowest BCUT2D eigenvalue weighted by Gasteiger charge is -2.36. The molecule has 1 saturated heterocycles. The molecule has 2 unspecified atom stereocenters. The summed E-state index contributed by atoms with van der Waals surface area (Å²) in [7, 11) is 1.67. The van der Waals surface area contributed by atoms with Gasteiger partial charge in [-0.2, -0.15) is 0 Å². The van der Waals surface area contributed by atoms with E-state index in [1.807, 2.05) is 38.1 Å². The summed E-state index contributed by atoms with van der Waals surface area (Å²) in [5, 5.41) is 2.89. The second-order valence-corrected chi connectivity index (χ2v) is 7.73. The van der Waals surface area contributed by atoms with Crippen LogP contribution in [-0.2, 0) is 16.1 Å². The minimum absolute atomic E-state index is 0.0774. The Balaban J connectivity index is 1.67. The standard InChI is InChI=1S/C21H29N3O4/c1-4-28-17-11-6-5-10-16(17)13-23(3)18(25)14-24-19(26)21(22-20(24)27)12-8-7-9-15(21)2/h5-6,10-11,15H,4,7-9,12-14H2,1-3H3,(H,22,27). The van der Waals surface area contributed by atoms with Gasteiger partial charge in [-0.05, 0) is 31.7 Å². The third-order valence-corrected chi connectivity index (χ3v) is 5.90. The Labute approximate surface area is 166 Å². The van der Waals surface area contributed by atoms with Gasteiger partial charge in [-0.25, -0.2) is 4.79 Å². The van der Waals surface area contributed by atoms with Gasteiger partial charge in [0.05, 0.1) is 6.61 Å². The summed E-state index contributed by atoms with van der Waals surface area (Å²) in [4.78, 5) is 40.8. The highest BCUT2D eigenvalue weighted by atomic mass is 16.5. The molecule has 1 aromatic carbocycles. The van der Waals surface area contributed by atoms with Crippen molar-refractivity contribution in [3.63, 3.8) is 0 Å². The molecule has 7 heteroatoms. The van der Waals surface area contributed by atoms with Crippen LogP contribution in [0.4, 0.5) is 4.79 Å². The van der Waals surface area contributed by atoms with Crippen molar-refractivity contribution in [2.45, 2.75) is 51.6 Å². The molecule has 1 aliphatic heterocycles. The third-order valence-electron chi connectivity index (χ3n) is 5.90. The van der Waals surface area contributed by atoms with Gasteiger partial charge in [0, 0.05) is 19.2 Å². The van der Waals surface area contributed by atoms with E-state index in [2.05, 4.69) is 5.32 Å². The van der Waals surface area contributed by atoms with Crippen molar-refractivity contribution in [2.75, 3.05) is 20.2 Å². The summed E-state index contributed by atoms with van der Waals surface area (Å²) in [6, 6.07) is 7.08. The second kappa shape index (κ2) is 8.20. The van der Waals surface area contributed by atoms with Crippen LogP contribution >= 0.6 is 0 Å². The van der Waals surface area contributed by atoms with Crippen LogP contribution in [0.5, 0.6) is 5.75 Å². The molecule has 1 aromatic rings. The molecule has 0 aromatic heterocycles.